The quantitative estimate of drug-likeness (QED) is 0.444. The molecule has 21 heavy (non-hydrogen) atoms. The van der Waals surface area contributed by atoms with Gasteiger partial charge in [0.1, 0.15) is 5.75 Å². The predicted molar refractivity (Wildman–Crippen MR) is 81.9 cm³/mol. The van der Waals surface area contributed by atoms with E-state index >= 15 is 0 Å². The molecule has 0 aliphatic heterocycles. The maximum absolute atomic E-state index is 11.5. The van der Waals surface area contributed by atoms with Crippen molar-refractivity contribution in [3.8, 4) is 11.5 Å². The Bertz CT molecular complexity index is 683. The fourth-order valence-corrected chi connectivity index (χ4v) is 2.21. The minimum atomic E-state index is -0.505. The van der Waals surface area contributed by atoms with Gasteiger partial charge in [0.2, 0.25) is 5.75 Å². The first kappa shape index (κ1) is 15.2. The van der Waals surface area contributed by atoms with E-state index in [1.54, 1.807) is 43.3 Å². The molecule has 0 heterocycles. The number of Topliss-reactive ketones (excluding diaryl/α,β-unsaturated/α-hetero) is 1. The topological polar surface area (TPSA) is 69.4 Å². The average Bonchev–Trinajstić information content (AvgIpc) is 2.49. The van der Waals surface area contributed by atoms with Crippen LogP contribution >= 0.6 is 15.9 Å². The molecule has 0 aliphatic rings. The molecule has 2 aromatic rings. The molecule has 0 amide bonds. The van der Waals surface area contributed by atoms with Gasteiger partial charge in [-0.1, -0.05) is 13.0 Å². The van der Waals surface area contributed by atoms with Crippen molar-refractivity contribution in [2.75, 3.05) is 0 Å². The van der Waals surface area contributed by atoms with Crippen LogP contribution in [0, 0.1) is 10.1 Å². The van der Waals surface area contributed by atoms with Gasteiger partial charge >= 0.3 is 5.69 Å². The molecule has 0 aromatic heterocycles. The van der Waals surface area contributed by atoms with Crippen LogP contribution in [0.3, 0.4) is 0 Å². The zero-order chi connectivity index (χ0) is 15.4. The molecule has 2 rings (SSSR count). The molecule has 108 valence electrons. The summed E-state index contributed by atoms with van der Waals surface area (Å²) in [5.41, 5.74) is 0.463. The molecule has 6 heteroatoms. The number of nitrogens with zero attached hydrogens (tertiary/aromatic N) is 1. The van der Waals surface area contributed by atoms with Crippen molar-refractivity contribution >= 4 is 27.4 Å². The number of carbonyl (C=O) groups excluding carboxylic acids is 1. The zero-order valence-electron chi connectivity index (χ0n) is 11.2. The van der Waals surface area contributed by atoms with E-state index in [1.807, 2.05) is 0 Å². The molecule has 0 saturated heterocycles. The zero-order valence-corrected chi connectivity index (χ0v) is 12.8. The number of carbonyl (C=O) groups is 1. The van der Waals surface area contributed by atoms with Gasteiger partial charge in [-0.2, -0.15) is 0 Å². The molecular weight excluding hydrogens is 338 g/mol. The standard InChI is InChI=1S/C15H12BrNO4/c1-2-14(18)10-6-8-11(9-7-10)21-15-12(16)4-3-5-13(15)17(19)20/h3-9H,2H2,1H3. The van der Waals surface area contributed by atoms with Crippen molar-refractivity contribution < 1.29 is 14.5 Å². The minimum absolute atomic E-state index is 0.0356. The molecule has 0 aliphatic carbocycles. The molecule has 0 bridgehead atoms. The highest BCUT2D eigenvalue weighted by Gasteiger charge is 2.18. The summed E-state index contributed by atoms with van der Waals surface area (Å²) in [5, 5.41) is 11.0. The monoisotopic (exact) mass is 349 g/mol. The summed E-state index contributed by atoms with van der Waals surface area (Å²) in [5.74, 6) is 0.600. The molecule has 5 nitrogen and oxygen atoms in total. The van der Waals surface area contributed by atoms with Crippen molar-refractivity contribution in [3.05, 3.63) is 62.6 Å². The summed E-state index contributed by atoms with van der Waals surface area (Å²) in [7, 11) is 0. The molecule has 0 N–H and O–H groups in total. The van der Waals surface area contributed by atoms with Crippen LogP contribution in [0.4, 0.5) is 5.69 Å². The van der Waals surface area contributed by atoms with E-state index in [0.717, 1.165) is 0 Å². The van der Waals surface area contributed by atoms with Crippen molar-refractivity contribution in [1.29, 1.82) is 0 Å². The summed E-state index contributed by atoms with van der Waals surface area (Å²) in [6, 6.07) is 11.1. The summed E-state index contributed by atoms with van der Waals surface area (Å²) in [6.07, 6.45) is 0.426. The molecular formula is C15H12BrNO4. The molecule has 0 radical (unpaired) electrons. The van der Waals surface area contributed by atoms with Crippen molar-refractivity contribution in [2.24, 2.45) is 0 Å². The lowest BCUT2D eigenvalue weighted by Crippen LogP contribution is -1.97. The van der Waals surface area contributed by atoms with Gasteiger partial charge < -0.3 is 4.74 Å². The van der Waals surface area contributed by atoms with Crippen LogP contribution < -0.4 is 4.74 Å². The normalized spacial score (nSPS) is 10.2. The summed E-state index contributed by atoms with van der Waals surface area (Å²) >= 11 is 3.24. The number of nitro groups is 1. The van der Waals surface area contributed by atoms with Gasteiger partial charge in [-0.3, -0.25) is 14.9 Å². The van der Waals surface area contributed by atoms with Gasteiger partial charge in [0, 0.05) is 18.1 Å². The van der Waals surface area contributed by atoms with Crippen LogP contribution in [0.2, 0.25) is 0 Å². The molecule has 0 fully saturated rings. The molecule has 2 aromatic carbocycles. The highest BCUT2D eigenvalue weighted by Crippen LogP contribution is 2.37. The van der Waals surface area contributed by atoms with Gasteiger partial charge in [-0.25, -0.2) is 0 Å². The number of para-hydroxylation sites is 1. The molecule has 0 saturated carbocycles. The van der Waals surface area contributed by atoms with Gasteiger partial charge in [0.15, 0.2) is 5.78 Å². The Balaban J connectivity index is 2.30. The van der Waals surface area contributed by atoms with Gasteiger partial charge in [-0.05, 0) is 46.3 Å². The lowest BCUT2D eigenvalue weighted by Gasteiger charge is -2.08. The second-order valence-corrected chi connectivity index (χ2v) is 5.10. The Kier molecular flexibility index (Phi) is 4.70. The SMILES string of the molecule is CCC(=O)c1ccc(Oc2c(Br)cccc2[N+](=O)[O-])cc1. The third-order valence-corrected chi connectivity index (χ3v) is 3.48. The summed E-state index contributed by atoms with van der Waals surface area (Å²) in [4.78, 5) is 22.0. The number of benzene rings is 2. The van der Waals surface area contributed by atoms with Crippen LogP contribution in [0.15, 0.2) is 46.9 Å². The molecule has 0 unspecified atom stereocenters. The molecule has 0 atom stereocenters. The van der Waals surface area contributed by atoms with Crippen LogP contribution in [-0.2, 0) is 0 Å². The Morgan fingerprint density at radius 2 is 1.90 bits per heavy atom. The van der Waals surface area contributed by atoms with E-state index in [2.05, 4.69) is 15.9 Å². The third-order valence-electron chi connectivity index (χ3n) is 2.86. The fourth-order valence-electron chi connectivity index (χ4n) is 1.77. The first-order chi connectivity index (χ1) is 10.0. The van der Waals surface area contributed by atoms with Gasteiger partial charge in [0.05, 0.1) is 9.40 Å². The van der Waals surface area contributed by atoms with Crippen LogP contribution in [-0.4, -0.2) is 10.7 Å². The number of hydrogen-bond acceptors (Lipinski definition) is 4. The Labute approximate surface area is 129 Å². The van der Waals surface area contributed by atoms with E-state index in [1.165, 1.54) is 6.07 Å². The number of nitro benzene ring substituents is 1. The average molecular weight is 350 g/mol. The fraction of sp³-hybridized carbons (Fsp3) is 0.133. The number of ketones is 1. The van der Waals surface area contributed by atoms with Crippen LogP contribution in [0.25, 0.3) is 0 Å². The maximum atomic E-state index is 11.5. The number of rotatable bonds is 5. The van der Waals surface area contributed by atoms with Crippen LogP contribution in [0.5, 0.6) is 11.5 Å². The van der Waals surface area contributed by atoms with E-state index in [9.17, 15) is 14.9 Å². The first-order valence-electron chi connectivity index (χ1n) is 6.27. The lowest BCUT2D eigenvalue weighted by molar-refractivity contribution is -0.385. The van der Waals surface area contributed by atoms with Crippen molar-refractivity contribution in [2.45, 2.75) is 13.3 Å². The van der Waals surface area contributed by atoms with Crippen molar-refractivity contribution in [1.82, 2.24) is 0 Å². The highest BCUT2D eigenvalue weighted by atomic mass is 79.9. The third kappa shape index (κ3) is 3.46. The number of halogens is 1. The van der Waals surface area contributed by atoms with E-state index in [0.29, 0.717) is 22.2 Å². The number of ether oxygens (including phenoxy) is 1. The summed E-state index contributed by atoms with van der Waals surface area (Å²) < 4.78 is 6.06. The Hall–Kier alpha value is -2.21. The second kappa shape index (κ2) is 6.49. The van der Waals surface area contributed by atoms with Crippen molar-refractivity contribution in [3.63, 3.8) is 0 Å². The second-order valence-electron chi connectivity index (χ2n) is 4.25. The van der Waals surface area contributed by atoms with Gasteiger partial charge in [0.25, 0.3) is 0 Å². The smallest absolute Gasteiger partial charge is 0.312 e. The first-order valence-corrected chi connectivity index (χ1v) is 7.06. The number of hydrogen-bond donors (Lipinski definition) is 0. The Morgan fingerprint density at radius 3 is 2.48 bits per heavy atom. The maximum Gasteiger partial charge on any atom is 0.312 e. The van der Waals surface area contributed by atoms with E-state index in [-0.39, 0.29) is 17.2 Å². The van der Waals surface area contributed by atoms with Gasteiger partial charge in [-0.15, -0.1) is 0 Å². The van der Waals surface area contributed by atoms with Crippen LogP contribution in [0.1, 0.15) is 23.7 Å². The molecule has 0 spiro atoms. The predicted octanol–water partition coefficient (Wildman–Crippen LogP) is 4.74. The lowest BCUT2D eigenvalue weighted by atomic mass is 10.1. The largest absolute Gasteiger partial charge is 0.449 e. The van der Waals surface area contributed by atoms with E-state index in [4.69, 9.17) is 4.74 Å². The summed E-state index contributed by atoms with van der Waals surface area (Å²) in [6.45, 7) is 1.79. The van der Waals surface area contributed by atoms with E-state index < -0.39 is 4.92 Å². The highest BCUT2D eigenvalue weighted by molar-refractivity contribution is 9.10. The Morgan fingerprint density at radius 1 is 1.24 bits per heavy atom. The minimum Gasteiger partial charge on any atom is -0.449 e.